The number of nitrogens with one attached hydrogen (secondary N) is 2. The summed E-state index contributed by atoms with van der Waals surface area (Å²) in [6.07, 6.45) is 2.51. The molecule has 0 spiro atoms. The SMILES string of the molecule is N#C/C(=C/Nc1ccc(F)cc1F)C(=O)NCc1ccco1. The van der Waals surface area contributed by atoms with Crippen LogP contribution in [0, 0.1) is 23.0 Å². The maximum absolute atomic E-state index is 13.4. The Balaban J connectivity index is 2.00. The lowest BCUT2D eigenvalue weighted by molar-refractivity contribution is -0.117. The summed E-state index contributed by atoms with van der Waals surface area (Å²) in [7, 11) is 0. The minimum Gasteiger partial charge on any atom is -0.467 e. The largest absolute Gasteiger partial charge is 0.467 e. The topological polar surface area (TPSA) is 78.1 Å². The fourth-order valence-electron chi connectivity index (χ4n) is 1.58. The zero-order chi connectivity index (χ0) is 15.9. The van der Waals surface area contributed by atoms with E-state index >= 15 is 0 Å². The zero-order valence-corrected chi connectivity index (χ0v) is 11.3. The smallest absolute Gasteiger partial charge is 0.263 e. The molecule has 0 saturated carbocycles. The van der Waals surface area contributed by atoms with Gasteiger partial charge in [-0.05, 0) is 24.3 Å². The second kappa shape index (κ2) is 7.04. The highest BCUT2D eigenvalue weighted by Crippen LogP contribution is 2.15. The van der Waals surface area contributed by atoms with Crippen LogP contribution in [0.5, 0.6) is 0 Å². The molecule has 5 nitrogen and oxygen atoms in total. The summed E-state index contributed by atoms with van der Waals surface area (Å²) in [6.45, 7) is 0.121. The standard InChI is InChI=1S/C15H11F2N3O2/c16-11-3-4-14(13(17)6-11)19-8-10(7-18)15(21)20-9-12-2-1-5-22-12/h1-6,8,19H,9H2,(H,20,21)/b10-8-. The molecule has 0 atom stereocenters. The van der Waals surface area contributed by atoms with Crippen LogP contribution in [0.4, 0.5) is 14.5 Å². The molecule has 112 valence electrons. The predicted molar refractivity (Wildman–Crippen MR) is 74.2 cm³/mol. The van der Waals surface area contributed by atoms with Gasteiger partial charge in [0.05, 0.1) is 18.5 Å². The van der Waals surface area contributed by atoms with Crippen LogP contribution in [0.1, 0.15) is 5.76 Å². The second-order valence-electron chi connectivity index (χ2n) is 4.20. The van der Waals surface area contributed by atoms with Crippen molar-refractivity contribution in [2.75, 3.05) is 5.32 Å². The number of rotatable bonds is 5. The molecule has 0 bridgehead atoms. The lowest BCUT2D eigenvalue weighted by Gasteiger charge is -2.05. The van der Waals surface area contributed by atoms with Gasteiger partial charge in [-0.3, -0.25) is 4.79 Å². The van der Waals surface area contributed by atoms with Crippen molar-refractivity contribution in [3.63, 3.8) is 0 Å². The Hall–Kier alpha value is -3.14. The van der Waals surface area contributed by atoms with Crippen molar-refractivity contribution in [1.82, 2.24) is 5.32 Å². The van der Waals surface area contributed by atoms with E-state index in [9.17, 15) is 13.6 Å². The number of carbonyl (C=O) groups excluding carboxylic acids is 1. The summed E-state index contributed by atoms with van der Waals surface area (Å²) in [4.78, 5) is 11.8. The first-order valence-corrected chi connectivity index (χ1v) is 6.22. The van der Waals surface area contributed by atoms with Crippen LogP contribution in [0.2, 0.25) is 0 Å². The lowest BCUT2D eigenvalue weighted by Crippen LogP contribution is -2.24. The molecule has 0 fully saturated rings. The lowest BCUT2D eigenvalue weighted by atomic mass is 10.2. The molecule has 1 aromatic carbocycles. The average molecular weight is 303 g/mol. The second-order valence-corrected chi connectivity index (χ2v) is 4.20. The molecular formula is C15H11F2N3O2. The highest BCUT2D eigenvalue weighted by molar-refractivity contribution is 5.97. The number of anilines is 1. The van der Waals surface area contributed by atoms with E-state index in [-0.39, 0.29) is 17.8 Å². The van der Waals surface area contributed by atoms with Crippen LogP contribution >= 0.6 is 0 Å². The molecule has 7 heteroatoms. The third-order valence-electron chi connectivity index (χ3n) is 2.67. The fourth-order valence-corrected chi connectivity index (χ4v) is 1.58. The van der Waals surface area contributed by atoms with Crippen molar-refractivity contribution in [3.05, 3.63) is 65.8 Å². The van der Waals surface area contributed by atoms with Crippen molar-refractivity contribution >= 4 is 11.6 Å². The molecule has 2 aromatic rings. The zero-order valence-electron chi connectivity index (χ0n) is 11.3. The van der Waals surface area contributed by atoms with Crippen LogP contribution < -0.4 is 10.6 Å². The maximum atomic E-state index is 13.4. The molecule has 0 aliphatic carbocycles. The number of nitriles is 1. The van der Waals surface area contributed by atoms with Gasteiger partial charge in [0.2, 0.25) is 0 Å². The summed E-state index contributed by atoms with van der Waals surface area (Å²) < 4.78 is 31.2. The van der Waals surface area contributed by atoms with Gasteiger partial charge in [0.15, 0.2) is 0 Å². The molecule has 0 unspecified atom stereocenters. The van der Waals surface area contributed by atoms with E-state index in [1.54, 1.807) is 18.2 Å². The average Bonchev–Trinajstić information content (AvgIpc) is 3.01. The number of carbonyl (C=O) groups is 1. The number of hydrogen-bond donors (Lipinski definition) is 2. The Morgan fingerprint density at radius 2 is 2.18 bits per heavy atom. The van der Waals surface area contributed by atoms with Gasteiger partial charge in [-0.1, -0.05) is 0 Å². The minimum absolute atomic E-state index is 0.0482. The summed E-state index contributed by atoms with van der Waals surface area (Å²) in [6, 6.07) is 7.94. The van der Waals surface area contributed by atoms with Crippen LogP contribution in [0.15, 0.2) is 52.8 Å². The van der Waals surface area contributed by atoms with Crippen molar-refractivity contribution in [1.29, 1.82) is 5.26 Å². The Morgan fingerprint density at radius 3 is 2.82 bits per heavy atom. The number of amides is 1. The van der Waals surface area contributed by atoms with Gasteiger partial charge in [0.25, 0.3) is 5.91 Å². The van der Waals surface area contributed by atoms with E-state index in [0.29, 0.717) is 11.8 Å². The Bertz CT molecular complexity index is 734. The molecule has 0 aliphatic heterocycles. The Labute approximate surface area is 124 Å². The quantitative estimate of drug-likeness (QED) is 0.657. The first kappa shape index (κ1) is 15.3. The molecule has 0 radical (unpaired) electrons. The van der Waals surface area contributed by atoms with Gasteiger partial charge in [-0.25, -0.2) is 8.78 Å². The van der Waals surface area contributed by atoms with Gasteiger partial charge in [-0.15, -0.1) is 0 Å². The number of hydrogen-bond acceptors (Lipinski definition) is 4. The van der Waals surface area contributed by atoms with Gasteiger partial charge in [-0.2, -0.15) is 5.26 Å². The van der Waals surface area contributed by atoms with Gasteiger partial charge in [0, 0.05) is 12.3 Å². The summed E-state index contributed by atoms with van der Waals surface area (Å²) in [5.41, 5.74) is -0.303. The predicted octanol–water partition coefficient (Wildman–Crippen LogP) is 2.69. The highest BCUT2D eigenvalue weighted by Gasteiger charge is 2.10. The number of nitrogens with zero attached hydrogens (tertiary/aromatic N) is 1. The van der Waals surface area contributed by atoms with Crippen molar-refractivity contribution in [2.45, 2.75) is 6.54 Å². The van der Waals surface area contributed by atoms with Gasteiger partial charge >= 0.3 is 0 Å². The molecule has 1 heterocycles. The van der Waals surface area contributed by atoms with Crippen LogP contribution in [-0.2, 0) is 11.3 Å². The highest BCUT2D eigenvalue weighted by atomic mass is 19.1. The summed E-state index contributed by atoms with van der Waals surface area (Å²) in [5, 5.41) is 13.9. The molecule has 2 N–H and O–H groups in total. The van der Waals surface area contributed by atoms with E-state index in [4.69, 9.17) is 9.68 Å². The maximum Gasteiger partial charge on any atom is 0.263 e. The summed E-state index contributed by atoms with van der Waals surface area (Å²) >= 11 is 0. The first-order valence-electron chi connectivity index (χ1n) is 6.22. The monoisotopic (exact) mass is 303 g/mol. The van der Waals surface area contributed by atoms with Crippen LogP contribution in [-0.4, -0.2) is 5.91 Å². The van der Waals surface area contributed by atoms with E-state index in [1.165, 1.54) is 6.26 Å². The van der Waals surface area contributed by atoms with Crippen LogP contribution in [0.3, 0.4) is 0 Å². The first-order chi connectivity index (χ1) is 10.6. The van der Waals surface area contributed by atoms with Crippen LogP contribution in [0.25, 0.3) is 0 Å². The van der Waals surface area contributed by atoms with Crippen molar-refractivity contribution in [3.8, 4) is 6.07 Å². The van der Waals surface area contributed by atoms with E-state index in [0.717, 1.165) is 18.3 Å². The van der Waals surface area contributed by atoms with Gasteiger partial charge < -0.3 is 15.1 Å². The number of benzene rings is 1. The van der Waals surface area contributed by atoms with Gasteiger partial charge in [0.1, 0.15) is 29.0 Å². The molecular weight excluding hydrogens is 292 g/mol. The Morgan fingerprint density at radius 1 is 1.36 bits per heavy atom. The molecule has 1 amide bonds. The number of furan rings is 1. The molecule has 1 aromatic heterocycles. The molecule has 22 heavy (non-hydrogen) atoms. The third kappa shape index (κ3) is 3.93. The fraction of sp³-hybridized carbons (Fsp3) is 0.0667. The van der Waals surface area contributed by atoms with E-state index in [1.807, 2.05) is 0 Å². The van der Waals surface area contributed by atoms with E-state index in [2.05, 4.69) is 10.6 Å². The molecule has 0 aliphatic rings. The Kier molecular flexibility index (Phi) is 4.88. The normalized spacial score (nSPS) is 10.9. The van der Waals surface area contributed by atoms with Crippen molar-refractivity contribution in [2.24, 2.45) is 0 Å². The molecule has 0 saturated heterocycles. The van der Waals surface area contributed by atoms with Crippen molar-refractivity contribution < 1.29 is 18.0 Å². The molecule has 2 rings (SSSR count). The van der Waals surface area contributed by atoms with E-state index < -0.39 is 17.5 Å². The third-order valence-corrected chi connectivity index (χ3v) is 2.67. The number of halogens is 2. The minimum atomic E-state index is -0.829. The summed E-state index contributed by atoms with van der Waals surface area (Å²) in [5.74, 6) is -1.66.